The Hall–Kier alpha value is -3.47. The molecule has 1 fully saturated rings. The van der Waals surface area contributed by atoms with Crippen LogP contribution in [0.25, 0.3) is 11.4 Å². The number of anilines is 1. The van der Waals surface area contributed by atoms with Crippen LogP contribution < -0.4 is 10.6 Å². The third kappa shape index (κ3) is 6.28. The lowest BCUT2D eigenvalue weighted by Gasteiger charge is -2.31. The first-order valence-corrected chi connectivity index (χ1v) is 10.1. The molecular weight excluding hydrogens is 444 g/mol. The molecule has 0 spiro atoms. The number of halogens is 4. The zero-order valence-corrected chi connectivity index (χ0v) is 17.4. The van der Waals surface area contributed by atoms with Gasteiger partial charge in [-0.1, -0.05) is 29.4 Å². The third-order valence-electron chi connectivity index (χ3n) is 5.24. The Morgan fingerprint density at radius 3 is 2.30 bits per heavy atom. The molecule has 0 aliphatic carbocycles. The third-order valence-corrected chi connectivity index (χ3v) is 5.24. The SMILES string of the molecule is NCc1ccccc1C1CCN(c2nc(-c3ccc(F)cc3)no2)CC1.O=C(O)C(F)(F)F. The molecule has 7 nitrogen and oxygen atoms in total. The van der Waals surface area contributed by atoms with E-state index in [4.69, 9.17) is 20.2 Å². The van der Waals surface area contributed by atoms with Crippen LogP contribution in [0.2, 0.25) is 0 Å². The second-order valence-corrected chi connectivity index (χ2v) is 7.37. The molecule has 1 aromatic heterocycles. The van der Waals surface area contributed by atoms with E-state index < -0.39 is 12.1 Å². The average molecular weight is 466 g/mol. The van der Waals surface area contributed by atoms with Gasteiger partial charge in [-0.25, -0.2) is 9.18 Å². The topological polar surface area (TPSA) is 105 Å². The summed E-state index contributed by atoms with van der Waals surface area (Å²) in [5, 5.41) is 11.2. The maximum atomic E-state index is 13.0. The van der Waals surface area contributed by atoms with Crippen LogP contribution in [0, 0.1) is 5.82 Å². The van der Waals surface area contributed by atoms with E-state index in [0.29, 0.717) is 24.3 Å². The molecule has 3 aromatic rings. The molecule has 0 bridgehead atoms. The Bertz CT molecular complexity index is 1060. The van der Waals surface area contributed by atoms with Crippen molar-refractivity contribution in [3.05, 3.63) is 65.5 Å². The zero-order valence-electron chi connectivity index (χ0n) is 17.4. The minimum Gasteiger partial charge on any atom is -0.475 e. The fourth-order valence-corrected chi connectivity index (χ4v) is 3.56. The summed E-state index contributed by atoms with van der Waals surface area (Å²) in [6.45, 7) is 2.28. The van der Waals surface area contributed by atoms with Gasteiger partial charge in [-0.3, -0.25) is 0 Å². The largest absolute Gasteiger partial charge is 0.490 e. The van der Waals surface area contributed by atoms with E-state index in [1.165, 1.54) is 23.3 Å². The van der Waals surface area contributed by atoms with Crippen molar-refractivity contribution in [2.45, 2.75) is 31.5 Å². The molecule has 0 radical (unpaired) electrons. The monoisotopic (exact) mass is 466 g/mol. The van der Waals surface area contributed by atoms with E-state index >= 15 is 0 Å². The van der Waals surface area contributed by atoms with Crippen molar-refractivity contribution in [3.8, 4) is 11.4 Å². The first kappa shape index (κ1) is 24.2. The number of benzene rings is 2. The molecule has 11 heteroatoms. The van der Waals surface area contributed by atoms with Gasteiger partial charge in [0.1, 0.15) is 5.82 Å². The number of carboxylic acid groups (broad SMARTS) is 1. The van der Waals surface area contributed by atoms with Gasteiger partial charge in [-0.05, 0) is 54.2 Å². The first-order chi connectivity index (χ1) is 15.7. The van der Waals surface area contributed by atoms with Crippen LogP contribution in [-0.4, -0.2) is 40.5 Å². The number of aliphatic carboxylic acids is 1. The van der Waals surface area contributed by atoms with E-state index in [1.54, 1.807) is 12.1 Å². The predicted molar refractivity (Wildman–Crippen MR) is 112 cm³/mol. The van der Waals surface area contributed by atoms with Gasteiger partial charge in [0.15, 0.2) is 0 Å². The number of carbonyl (C=O) groups is 1. The molecule has 0 amide bonds. The Morgan fingerprint density at radius 2 is 1.73 bits per heavy atom. The lowest BCUT2D eigenvalue weighted by molar-refractivity contribution is -0.192. The van der Waals surface area contributed by atoms with Crippen molar-refractivity contribution in [1.29, 1.82) is 0 Å². The maximum absolute atomic E-state index is 13.0. The van der Waals surface area contributed by atoms with Crippen LogP contribution in [-0.2, 0) is 11.3 Å². The van der Waals surface area contributed by atoms with E-state index in [2.05, 4.69) is 33.2 Å². The highest BCUT2D eigenvalue weighted by Crippen LogP contribution is 2.32. The summed E-state index contributed by atoms with van der Waals surface area (Å²) < 4.78 is 50.2. The molecule has 1 aliphatic rings. The lowest BCUT2D eigenvalue weighted by Crippen LogP contribution is -2.33. The van der Waals surface area contributed by atoms with Crippen LogP contribution >= 0.6 is 0 Å². The molecule has 176 valence electrons. The smallest absolute Gasteiger partial charge is 0.475 e. The molecule has 1 aliphatic heterocycles. The van der Waals surface area contributed by atoms with Crippen molar-refractivity contribution < 1.29 is 32.0 Å². The Labute approximate surface area is 186 Å². The Kier molecular flexibility index (Phi) is 7.64. The minimum absolute atomic E-state index is 0.280. The van der Waals surface area contributed by atoms with E-state index in [1.807, 2.05) is 6.07 Å². The van der Waals surface area contributed by atoms with Crippen molar-refractivity contribution in [3.63, 3.8) is 0 Å². The highest BCUT2D eigenvalue weighted by Gasteiger charge is 2.38. The summed E-state index contributed by atoms with van der Waals surface area (Å²) >= 11 is 0. The number of aromatic nitrogens is 2. The van der Waals surface area contributed by atoms with Gasteiger partial charge in [0.25, 0.3) is 0 Å². The van der Waals surface area contributed by atoms with E-state index in [-0.39, 0.29) is 5.82 Å². The number of nitrogens with two attached hydrogens (primary N) is 1. The van der Waals surface area contributed by atoms with Gasteiger partial charge >= 0.3 is 18.2 Å². The second-order valence-electron chi connectivity index (χ2n) is 7.37. The summed E-state index contributed by atoms with van der Waals surface area (Å²) in [5.74, 6) is -2.05. The number of alkyl halides is 3. The number of piperidine rings is 1. The van der Waals surface area contributed by atoms with Crippen molar-refractivity contribution >= 4 is 12.0 Å². The fraction of sp³-hybridized carbons (Fsp3) is 0.318. The number of rotatable bonds is 4. The van der Waals surface area contributed by atoms with Crippen LogP contribution in [0.5, 0.6) is 0 Å². The van der Waals surface area contributed by atoms with Crippen LogP contribution in [0.4, 0.5) is 23.6 Å². The number of nitrogens with zero attached hydrogens (tertiary/aromatic N) is 3. The normalized spacial score (nSPS) is 14.5. The molecule has 3 N–H and O–H groups in total. The molecule has 0 unspecified atom stereocenters. The summed E-state index contributed by atoms with van der Waals surface area (Å²) in [5.41, 5.74) is 9.20. The van der Waals surface area contributed by atoms with Gasteiger partial charge in [0.05, 0.1) is 0 Å². The molecule has 0 saturated carbocycles. The van der Waals surface area contributed by atoms with Crippen molar-refractivity contribution in [2.75, 3.05) is 18.0 Å². The maximum Gasteiger partial charge on any atom is 0.490 e. The summed E-state index contributed by atoms with van der Waals surface area (Å²) in [4.78, 5) is 15.5. The number of hydrogen-bond acceptors (Lipinski definition) is 6. The lowest BCUT2D eigenvalue weighted by atomic mass is 9.86. The molecule has 4 rings (SSSR count). The number of hydrogen-bond donors (Lipinski definition) is 2. The minimum atomic E-state index is -5.08. The summed E-state index contributed by atoms with van der Waals surface area (Å²) in [6.07, 6.45) is -3.05. The molecule has 2 heterocycles. The standard InChI is InChI=1S/C20H21FN4O.C2HF3O2/c21-17-7-5-15(6-8-17)19-23-20(26-24-19)25-11-9-14(10-12-25)18-4-2-1-3-16(18)13-22;3-2(4,5)1(6)7/h1-8,14H,9-13,22H2;(H,6,7). The Balaban J connectivity index is 0.000000383. The molecule has 33 heavy (non-hydrogen) atoms. The summed E-state index contributed by atoms with van der Waals surface area (Å²) in [7, 11) is 0. The quantitative estimate of drug-likeness (QED) is 0.551. The fourth-order valence-electron chi connectivity index (χ4n) is 3.56. The molecule has 1 saturated heterocycles. The highest BCUT2D eigenvalue weighted by molar-refractivity contribution is 5.73. The summed E-state index contributed by atoms with van der Waals surface area (Å²) in [6, 6.07) is 15.0. The highest BCUT2D eigenvalue weighted by atomic mass is 19.4. The molecule has 2 aromatic carbocycles. The van der Waals surface area contributed by atoms with Crippen molar-refractivity contribution in [2.24, 2.45) is 5.73 Å². The van der Waals surface area contributed by atoms with Gasteiger partial charge in [0, 0.05) is 25.2 Å². The van der Waals surface area contributed by atoms with Crippen LogP contribution in [0.15, 0.2) is 53.1 Å². The van der Waals surface area contributed by atoms with E-state index in [0.717, 1.165) is 31.5 Å². The number of carboxylic acids is 1. The first-order valence-electron chi connectivity index (χ1n) is 10.1. The zero-order chi connectivity index (χ0) is 24.0. The van der Waals surface area contributed by atoms with Gasteiger partial charge in [0.2, 0.25) is 5.82 Å². The van der Waals surface area contributed by atoms with E-state index in [9.17, 15) is 17.6 Å². The predicted octanol–water partition coefficient (Wildman–Crippen LogP) is 4.35. The van der Waals surface area contributed by atoms with Crippen LogP contribution in [0.1, 0.15) is 29.9 Å². The molecule has 0 atom stereocenters. The van der Waals surface area contributed by atoms with Crippen LogP contribution in [0.3, 0.4) is 0 Å². The molecular formula is C22H22F4N4O3. The van der Waals surface area contributed by atoms with Gasteiger partial charge in [-0.2, -0.15) is 18.2 Å². The Morgan fingerprint density at radius 1 is 1.12 bits per heavy atom. The van der Waals surface area contributed by atoms with Crippen molar-refractivity contribution in [1.82, 2.24) is 10.1 Å². The van der Waals surface area contributed by atoms with Gasteiger partial charge < -0.3 is 20.3 Å². The second kappa shape index (κ2) is 10.4. The van der Waals surface area contributed by atoms with Gasteiger partial charge in [-0.15, -0.1) is 0 Å². The average Bonchev–Trinajstić information content (AvgIpc) is 3.30.